The van der Waals surface area contributed by atoms with Gasteiger partial charge in [0.1, 0.15) is 17.5 Å². The summed E-state index contributed by atoms with van der Waals surface area (Å²) in [6, 6.07) is 11.2. The molecule has 5 rings (SSSR count). The molecule has 9 heteroatoms. The zero-order chi connectivity index (χ0) is 23.3. The maximum atomic E-state index is 12.9. The van der Waals surface area contributed by atoms with Crippen molar-refractivity contribution in [3.05, 3.63) is 83.5 Å². The van der Waals surface area contributed by atoms with E-state index in [0.717, 1.165) is 30.5 Å². The van der Waals surface area contributed by atoms with Gasteiger partial charge < -0.3 is 14.0 Å². The van der Waals surface area contributed by atoms with E-state index in [2.05, 4.69) is 15.3 Å². The minimum Gasteiger partial charge on any atom is -0.495 e. The molecule has 1 amide bonds. The highest BCUT2D eigenvalue weighted by Crippen LogP contribution is 2.37. The largest absolute Gasteiger partial charge is 0.495 e. The fourth-order valence-corrected chi connectivity index (χ4v) is 4.97. The highest BCUT2D eigenvalue weighted by molar-refractivity contribution is 7.14. The van der Waals surface area contributed by atoms with Gasteiger partial charge in [0.2, 0.25) is 5.88 Å². The van der Waals surface area contributed by atoms with Crippen LogP contribution < -0.4 is 14.8 Å². The molecule has 4 aromatic heterocycles. The van der Waals surface area contributed by atoms with E-state index in [-0.39, 0.29) is 12.0 Å². The third-order valence-corrected chi connectivity index (χ3v) is 6.72. The number of aromatic nitrogens is 4. The highest BCUT2D eigenvalue weighted by Gasteiger charge is 2.29. The first-order valence-electron chi connectivity index (χ1n) is 11.2. The van der Waals surface area contributed by atoms with E-state index in [1.54, 1.807) is 25.7 Å². The number of amides is 1. The number of carbonyl (C=O) groups is 1. The lowest BCUT2D eigenvalue weighted by atomic mass is 10.1. The van der Waals surface area contributed by atoms with Gasteiger partial charge in [0.05, 0.1) is 19.0 Å². The molecule has 0 unspecified atom stereocenters. The summed E-state index contributed by atoms with van der Waals surface area (Å²) in [7, 11) is 1.61. The van der Waals surface area contributed by atoms with E-state index < -0.39 is 0 Å². The molecule has 1 fully saturated rings. The summed E-state index contributed by atoms with van der Waals surface area (Å²) in [5.41, 5.74) is 2.68. The van der Waals surface area contributed by atoms with Crippen LogP contribution in [-0.2, 0) is 6.54 Å². The number of nitrogens with zero attached hydrogens (tertiary/aromatic N) is 4. The zero-order valence-electron chi connectivity index (χ0n) is 18.8. The zero-order valence-corrected chi connectivity index (χ0v) is 19.6. The molecule has 4 heterocycles. The van der Waals surface area contributed by atoms with Crippen LogP contribution >= 0.6 is 11.3 Å². The fourth-order valence-electron chi connectivity index (χ4n) is 4.18. The molecular weight excluding hydrogens is 450 g/mol. The molecule has 34 heavy (non-hydrogen) atoms. The first-order chi connectivity index (χ1) is 16.7. The average Bonchev–Trinajstić information content (AvgIpc) is 3.62. The second-order valence-corrected chi connectivity index (χ2v) is 9.05. The molecule has 0 aromatic carbocycles. The summed E-state index contributed by atoms with van der Waals surface area (Å²) in [6.45, 7) is 0.605. The summed E-state index contributed by atoms with van der Waals surface area (Å²) in [4.78, 5) is 25.9. The lowest BCUT2D eigenvalue weighted by Crippen LogP contribution is -2.17. The Morgan fingerprint density at radius 3 is 2.88 bits per heavy atom. The summed E-state index contributed by atoms with van der Waals surface area (Å²) in [5, 5.41) is 5.60. The molecule has 1 aliphatic carbocycles. The molecule has 0 spiro atoms. The van der Waals surface area contributed by atoms with Crippen LogP contribution in [0.2, 0.25) is 0 Å². The molecule has 174 valence electrons. The number of anilines is 1. The monoisotopic (exact) mass is 475 g/mol. The van der Waals surface area contributed by atoms with E-state index >= 15 is 0 Å². The quantitative estimate of drug-likeness (QED) is 0.395. The topological polar surface area (TPSA) is 91.2 Å². The Morgan fingerprint density at radius 2 is 2.09 bits per heavy atom. The van der Waals surface area contributed by atoms with Gasteiger partial charge in [-0.25, -0.2) is 9.97 Å². The number of hydrogen-bond donors (Lipinski definition) is 1. The van der Waals surface area contributed by atoms with Crippen molar-refractivity contribution in [3.63, 3.8) is 0 Å². The lowest BCUT2D eigenvalue weighted by molar-refractivity contribution is 0.101. The van der Waals surface area contributed by atoms with Gasteiger partial charge in [-0.2, -0.15) is 0 Å². The molecule has 1 aliphatic rings. The standard InChI is InChI=1S/C25H25N5O3S/c1-32-20-6-7-23(27-14-20)33-19-5-4-18(13-19)21-16-34-25(28-21)29-24(31)22-3-2-12-30(22)15-17-8-10-26-11-9-17/h2-3,6-12,14,16,18-19H,4-5,13,15H2,1H3,(H,28,29,31)/t18-,19+/m0/s1. The lowest BCUT2D eigenvalue weighted by Gasteiger charge is -2.13. The Bertz CT molecular complexity index is 1240. The minimum atomic E-state index is -0.168. The normalized spacial score (nSPS) is 17.4. The summed E-state index contributed by atoms with van der Waals surface area (Å²) >= 11 is 1.45. The van der Waals surface area contributed by atoms with Crippen LogP contribution in [0, 0.1) is 0 Å². The number of carbonyl (C=O) groups excluding carboxylic acids is 1. The van der Waals surface area contributed by atoms with Crippen molar-refractivity contribution in [2.45, 2.75) is 37.8 Å². The molecular formula is C25H25N5O3S. The van der Waals surface area contributed by atoms with E-state index in [1.807, 2.05) is 52.5 Å². The molecule has 1 saturated carbocycles. The van der Waals surface area contributed by atoms with Gasteiger partial charge >= 0.3 is 0 Å². The fraction of sp³-hybridized carbons (Fsp3) is 0.280. The highest BCUT2D eigenvalue weighted by atomic mass is 32.1. The number of ether oxygens (including phenoxy) is 2. The Hall–Kier alpha value is -3.72. The van der Waals surface area contributed by atoms with Crippen LogP contribution in [0.1, 0.15) is 46.9 Å². The van der Waals surface area contributed by atoms with Crippen molar-refractivity contribution in [2.75, 3.05) is 12.4 Å². The van der Waals surface area contributed by atoms with Crippen LogP contribution in [0.5, 0.6) is 11.6 Å². The van der Waals surface area contributed by atoms with Crippen molar-refractivity contribution >= 4 is 22.4 Å². The van der Waals surface area contributed by atoms with Crippen molar-refractivity contribution in [1.82, 2.24) is 19.5 Å². The van der Waals surface area contributed by atoms with Crippen LogP contribution in [0.3, 0.4) is 0 Å². The molecule has 4 aromatic rings. The van der Waals surface area contributed by atoms with E-state index in [9.17, 15) is 4.79 Å². The maximum Gasteiger partial charge on any atom is 0.274 e. The van der Waals surface area contributed by atoms with Gasteiger partial charge in [-0.05, 0) is 55.2 Å². The number of nitrogens with one attached hydrogen (secondary N) is 1. The second kappa shape index (κ2) is 10.0. The third-order valence-electron chi connectivity index (χ3n) is 5.94. The van der Waals surface area contributed by atoms with Gasteiger partial charge in [0.15, 0.2) is 5.13 Å². The maximum absolute atomic E-state index is 12.9. The Kier molecular flexibility index (Phi) is 6.53. The molecule has 1 N–H and O–H groups in total. The average molecular weight is 476 g/mol. The predicted molar refractivity (Wildman–Crippen MR) is 130 cm³/mol. The molecule has 2 atom stereocenters. The Labute approximate surface area is 201 Å². The van der Waals surface area contributed by atoms with Crippen LogP contribution in [0.4, 0.5) is 5.13 Å². The Morgan fingerprint density at radius 1 is 1.21 bits per heavy atom. The van der Waals surface area contributed by atoms with Crippen LogP contribution in [0.15, 0.2) is 66.6 Å². The first-order valence-corrected chi connectivity index (χ1v) is 12.0. The predicted octanol–water partition coefficient (Wildman–Crippen LogP) is 4.76. The van der Waals surface area contributed by atoms with Crippen molar-refractivity contribution in [2.24, 2.45) is 0 Å². The second-order valence-electron chi connectivity index (χ2n) is 8.19. The van der Waals surface area contributed by atoms with Crippen LogP contribution in [0.25, 0.3) is 0 Å². The first kappa shape index (κ1) is 22.1. The van der Waals surface area contributed by atoms with Gasteiger partial charge in [-0.15, -0.1) is 11.3 Å². The molecule has 0 radical (unpaired) electrons. The number of methoxy groups -OCH3 is 1. The summed E-state index contributed by atoms with van der Waals surface area (Å²) in [6.07, 6.45) is 9.97. The SMILES string of the molecule is COc1ccc(O[C@@H]2CC[C@H](c3csc(NC(=O)c4cccn4Cc4ccncc4)n3)C2)nc1. The van der Waals surface area contributed by atoms with Gasteiger partial charge in [-0.1, -0.05) is 0 Å². The summed E-state index contributed by atoms with van der Waals surface area (Å²) in [5.74, 6) is 1.45. The molecule has 8 nitrogen and oxygen atoms in total. The number of thiazole rings is 1. The van der Waals surface area contributed by atoms with E-state index in [4.69, 9.17) is 14.5 Å². The Balaban J connectivity index is 1.18. The van der Waals surface area contributed by atoms with E-state index in [1.165, 1.54) is 11.3 Å². The van der Waals surface area contributed by atoms with Crippen LogP contribution in [-0.4, -0.2) is 38.6 Å². The smallest absolute Gasteiger partial charge is 0.274 e. The van der Waals surface area contributed by atoms with Crippen molar-refractivity contribution < 1.29 is 14.3 Å². The molecule has 0 aliphatic heterocycles. The van der Waals surface area contributed by atoms with Gasteiger partial charge in [0.25, 0.3) is 5.91 Å². The summed E-state index contributed by atoms with van der Waals surface area (Å²) < 4.78 is 13.1. The third kappa shape index (κ3) is 5.09. The minimum absolute atomic E-state index is 0.0992. The van der Waals surface area contributed by atoms with Crippen molar-refractivity contribution in [1.29, 1.82) is 0 Å². The van der Waals surface area contributed by atoms with E-state index in [0.29, 0.717) is 34.9 Å². The number of hydrogen-bond acceptors (Lipinski definition) is 7. The van der Waals surface area contributed by atoms with Crippen molar-refractivity contribution in [3.8, 4) is 11.6 Å². The number of rotatable bonds is 8. The molecule has 0 saturated heterocycles. The number of pyridine rings is 2. The van der Waals surface area contributed by atoms with Gasteiger partial charge in [0, 0.05) is 42.5 Å². The molecule has 0 bridgehead atoms. The van der Waals surface area contributed by atoms with Gasteiger partial charge in [-0.3, -0.25) is 15.1 Å².